The number of nitrogens with one attached hydrogen (secondary N) is 1. The summed E-state index contributed by atoms with van der Waals surface area (Å²) in [4.78, 5) is 125. The van der Waals surface area contributed by atoms with Crippen LogP contribution in [0.15, 0.2) is 109 Å². The number of hydrogen-bond donors (Lipinski definition) is 4. The van der Waals surface area contributed by atoms with Crippen LogP contribution in [0.5, 0.6) is 0 Å². The Bertz CT molecular complexity index is 3400. The summed E-state index contributed by atoms with van der Waals surface area (Å²) in [5.74, 6) is -2.28. The fraction of sp³-hybridized carbons (Fsp3) is 0.554. The van der Waals surface area contributed by atoms with Crippen LogP contribution in [0.3, 0.4) is 0 Å². The van der Waals surface area contributed by atoms with Crippen LogP contribution >= 0.6 is 0 Å². The molecule has 4 fully saturated rings. The minimum atomic E-state index is -1.44. The quantitative estimate of drug-likeness (QED) is 0.0508. The van der Waals surface area contributed by atoms with Gasteiger partial charge in [-0.3, -0.25) is 33.8 Å². The second-order valence-electron chi connectivity index (χ2n) is 29.4. The van der Waals surface area contributed by atoms with E-state index in [0.29, 0.717) is 72.0 Å². The molecule has 4 aliphatic heterocycles. The molecule has 7 amide bonds. The molecule has 100 heavy (non-hydrogen) atoms. The predicted molar refractivity (Wildman–Crippen MR) is 378 cm³/mol. The number of ether oxygens (including phenoxy) is 5. The molecule has 0 aliphatic carbocycles. The molecule has 0 unspecified atom stereocenters. The standard InChI is InChI=1S/C36H51N5O7.C34H49N5O6.C4H6O3/c1-25(42)37-29(23-27-14-11-15-28(22-27)38-16-18-39(19-17-38)33(45)47-35(2,3)4)31(43)30-32(44)40(24-26-12-9-8-10-13-26)20-21-41(30)34(46)48-36(5,6)7;1-33(2,3)44-31(42)37-17-15-36(16-18-37)26-14-10-13-25(21-26)22-27(35)29(40)28-30(41)38(23-24-11-8-7-9-12-24)19-20-39(28)32(43)45-34(4,5)6;1-3(5)7-4(2)6/h8-15,22,29-31,43H,16-21,23-24H2,1-7H3,(H,37,42);7-14,21,27-29,40H,15-20,22-23,35H2,1-6H3;1-2H3/t29-,30-,31-;27-,28-,29-;/m00./s1. The Kier molecular flexibility index (Phi) is 28.3. The Balaban J connectivity index is 0.000000288. The number of hydrogen-bond acceptors (Lipinski definition) is 19. The van der Waals surface area contributed by atoms with Crippen LogP contribution in [0.25, 0.3) is 0 Å². The van der Waals surface area contributed by atoms with Crippen LogP contribution in [-0.4, -0.2) is 231 Å². The zero-order chi connectivity index (χ0) is 74.0. The number of carbonyl (C=O) groups excluding carboxylic acids is 9. The molecule has 26 heteroatoms. The first-order valence-electron chi connectivity index (χ1n) is 34.1. The third kappa shape index (κ3) is 25.3. The molecule has 0 aromatic heterocycles. The van der Waals surface area contributed by atoms with Gasteiger partial charge in [-0.1, -0.05) is 84.9 Å². The lowest BCUT2D eigenvalue weighted by Gasteiger charge is -2.44. The van der Waals surface area contributed by atoms with Gasteiger partial charge in [0, 0.05) is 130 Å². The molecule has 4 aromatic rings. The largest absolute Gasteiger partial charge is 0.444 e. The van der Waals surface area contributed by atoms with Crippen molar-refractivity contribution in [3.05, 3.63) is 131 Å². The highest BCUT2D eigenvalue weighted by molar-refractivity contribution is 5.89. The Morgan fingerprint density at radius 3 is 1.13 bits per heavy atom. The number of piperazine rings is 4. The van der Waals surface area contributed by atoms with Crippen molar-refractivity contribution in [3.63, 3.8) is 0 Å². The third-order valence-corrected chi connectivity index (χ3v) is 16.2. The van der Waals surface area contributed by atoms with Gasteiger partial charge in [-0.25, -0.2) is 19.2 Å². The molecule has 4 saturated heterocycles. The van der Waals surface area contributed by atoms with Crippen molar-refractivity contribution in [2.45, 2.75) is 189 Å². The smallest absolute Gasteiger partial charge is 0.411 e. The van der Waals surface area contributed by atoms with Crippen LogP contribution in [-0.2, 0) is 73.6 Å². The lowest BCUT2D eigenvalue weighted by molar-refractivity contribution is -0.156. The average Bonchev–Trinajstić information content (AvgIpc) is 0.791. The van der Waals surface area contributed by atoms with Crippen molar-refractivity contribution in [2.24, 2.45) is 5.73 Å². The minimum Gasteiger partial charge on any atom is -0.444 e. The van der Waals surface area contributed by atoms with Gasteiger partial charge < -0.3 is 74.3 Å². The molecule has 0 radical (unpaired) electrons. The van der Waals surface area contributed by atoms with Crippen molar-refractivity contribution in [2.75, 3.05) is 88.3 Å². The number of carbonyl (C=O) groups is 9. The van der Waals surface area contributed by atoms with Crippen molar-refractivity contribution in [3.8, 4) is 0 Å². The summed E-state index contributed by atoms with van der Waals surface area (Å²) in [6.45, 7) is 31.6. The first-order valence-corrected chi connectivity index (χ1v) is 34.1. The summed E-state index contributed by atoms with van der Waals surface area (Å²) in [5.41, 5.74) is 9.42. The number of nitrogens with two attached hydrogens (primary N) is 1. The van der Waals surface area contributed by atoms with Gasteiger partial charge in [0.1, 0.15) is 40.6 Å². The van der Waals surface area contributed by atoms with Crippen LogP contribution < -0.4 is 20.9 Å². The van der Waals surface area contributed by atoms with E-state index in [9.17, 15) is 53.4 Å². The highest BCUT2D eigenvalue weighted by Gasteiger charge is 2.48. The SMILES string of the molecule is CC(=O)N[C@@H](Cc1cccc(N2CCN(C(=O)OC(C)(C)C)CC2)c1)[C@H](O)[C@H]1C(=O)N(Cc2ccccc2)CCN1C(=O)OC(C)(C)C.CC(=O)OC(C)=O.CC(C)(C)OC(=O)N1CCN(c2cccc(C[C@H](N)[C@H](O)[C@H]3C(=O)N(Cc4ccccc4)CCN3C(=O)OC(C)(C)C)c2)CC1. The number of esters is 2. The van der Waals surface area contributed by atoms with Gasteiger partial charge in [-0.2, -0.15) is 0 Å². The molecule has 6 atom stereocenters. The Morgan fingerprint density at radius 1 is 0.450 bits per heavy atom. The Morgan fingerprint density at radius 2 is 0.790 bits per heavy atom. The van der Waals surface area contributed by atoms with E-state index in [2.05, 4.69) is 19.9 Å². The normalized spacial score (nSPS) is 18.2. The maximum absolute atomic E-state index is 14.1. The van der Waals surface area contributed by atoms with Crippen LogP contribution in [0.2, 0.25) is 0 Å². The van der Waals surface area contributed by atoms with E-state index >= 15 is 0 Å². The van der Waals surface area contributed by atoms with Crippen LogP contribution in [0.4, 0.5) is 30.6 Å². The lowest BCUT2D eigenvalue weighted by atomic mass is 9.93. The van der Waals surface area contributed by atoms with Gasteiger partial charge in [-0.15, -0.1) is 0 Å². The number of rotatable bonds is 15. The number of aliphatic hydroxyl groups is 2. The summed E-state index contributed by atoms with van der Waals surface area (Å²) in [6.07, 6.45) is -4.27. The molecule has 4 aromatic carbocycles. The van der Waals surface area contributed by atoms with E-state index in [1.807, 2.05) is 151 Å². The molecule has 4 aliphatic rings. The number of nitrogens with zero attached hydrogens (tertiary/aromatic N) is 8. The van der Waals surface area contributed by atoms with Gasteiger partial charge in [0.15, 0.2) is 0 Å². The fourth-order valence-electron chi connectivity index (χ4n) is 11.8. The summed E-state index contributed by atoms with van der Waals surface area (Å²) >= 11 is 0. The van der Waals surface area contributed by atoms with Crippen molar-refractivity contribution in [1.29, 1.82) is 0 Å². The molecule has 548 valence electrons. The van der Waals surface area contributed by atoms with Gasteiger partial charge in [0.05, 0.1) is 12.1 Å². The zero-order valence-electron chi connectivity index (χ0n) is 60.9. The average molecular weight is 1390 g/mol. The van der Waals surface area contributed by atoms with Gasteiger partial charge in [-0.05, 0) is 142 Å². The predicted octanol–water partition coefficient (Wildman–Crippen LogP) is 7.52. The van der Waals surface area contributed by atoms with E-state index in [0.717, 1.165) is 33.6 Å². The molecule has 0 spiro atoms. The van der Waals surface area contributed by atoms with Crippen molar-refractivity contribution < 1.29 is 77.0 Å². The zero-order valence-corrected chi connectivity index (χ0v) is 60.9. The van der Waals surface area contributed by atoms with E-state index in [-0.39, 0.29) is 56.5 Å². The monoisotopic (exact) mass is 1390 g/mol. The molecule has 8 rings (SSSR count). The molecule has 26 nitrogen and oxygen atoms in total. The highest BCUT2D eigenvalue weighted by atomic mass is 16.6. The summed E-state index contributed by atoms with van der Waals surface area (Å²) in [5, 5.41) is 26.3. The van der Waals surface area contributed by atoms with E-state index in [1.165, 1.54) is 30.6 Å². The lowest BCUT2D eigenvalue weighted by Crippen LogP contribution is -2.66. The van der Waals surface area contributed by atoms with E-state index < -0.39 is 88.8 Å². The number of aliphatic hydroxyl groups excluding tert-OH is 2. The summed E-state index contributed by atoms with van der Waals surface area (Å²) in [6, 6.07) is 30.6. The van der Waals surface area contributed by atoms with E-state index in [4.69, 9.17) is 24.7 Å². The first-order chi connectivity index (χ1) is 46.7. The summed E-state index contributed by atoms with van der Waals surface area (Å²) in [7, 11) is 0. The van der Waals surface area contributed by atoms with Crippen molar-refractivity contribution in [1.82, 2.24) is 34.7 Å². The molecule has 0 bridgehead atoms. The second-order valence-corrected chi connectivity index (χ2v) is 29.4. The third-order valence-electron chi connectivity index (χ3n) is 16.2. The van der Waals surface area contributed by atoms with Gasteiger partial charge in [0.25, 0.3) is 0 Å². The topological polar surface area (TPSA) is 304 Å². The first kappa shape index (κ1) is 80.0. The molecular formula is C74H106N10O16. The Hall–Kier alpha value is -9.01. The second kappa shape index (κ2) is 35.3. The number of amides is 7. The van der Waals surface area contributed by atoms with Crippen molar-refractivity contribution >= 4 is 65.4 Å². The van der Waals surface area contributed by atoms with Gasteiger partial charge in [0.2, 0.25) is 17.7 Å². The molecule has 4 heterocycles. The highest BCUT2D eigenvalue weighted by Crippen LogP contribution is 2.29. The van der Waals surface area contributed by atoms with E-state index in [1.54, 1.807) is 61.1 Å². The van der Waals surface area contributed by atoms with Gasteiger partial charge >= 0.3 is 36.3 Å². The summed E-state index contributed by atoms with van der Waals surface area (Å²) < 4.78 is 26.3. The Labute approximate surface area is 588 Å². The molecular weight excluding hydrogens is 1280 g/mol. The number of benzene rings is 4. The maximum Gasteiger partial charge on any atom is 0.411 e. The minimum absolute atomic E-state index is 0.159. The number of anilines is 2. The van der Waals surface area contributed by atoms with Crippen LogP contribution in [0.1, 0.15) is 126 Å². The maximum atomic E-state index is 14.1. The molecule has 0 saturated carbocycles. The van der Waals surface area contributed by atoms with Crippen LogP contribution in [0, 0.1) is 0 Å². The molecule has 5 N–H and O–H groups in total. The fourth-order valence-corrected chi connectivity index (χ4v) is 11.8.